The molecule has 0 bridgehead atoms. The molecule has 0 saturated heterocycles. The van der Waals surface area contributed by atoms with Crippen LogP contribution >= 0.6 is 0 Å². The van der Waals surface area contributed by atoms with Crippen LogP contribution in [0.5, 0.6) is 5.75 Å². The van der Waals surface area contributed by atoms with Gasteiger partial charge in [0.25, 0.3) is 5.91 Å². The van der Waals surface area contributed by atoms with Crippen LogP contribution in [0.4, 0.5) is 5.69 Å². The van der Waals surface area contributed by atoms with Crippen molar-refractivity contribution in [3.63, 3.8) is 0 Å². The fraction of sp³-hybridized carbons (Fsp3) is 0.208. The van der Waals surface area contributed by atoms with Crippen molar-refractivity contribution in [2.45, 2.75) is 19.6 Å². The summed E-state index contributed by atoms with van der Waals surface area (Å²) in [4.78, 5) is 12.6. The van der Waals surface area contributed by atoms with Crippen molar-refractivity contribution in [3.8, 4) is 5.75 Å². The molecule has 0 spiro atoms. The number of carbonyl (C=O) groups is 1. The number of amides is 1. The van der Waals surface area contributed by atoms with Gasteiger partial charge in [0.1, 0.15) is 12.4 Å². The van der Waals surface area contributed by atoms with E-state index in [1.54, 1.807) is 18.2 Å². The predicted octanol–water partition coefficient (Wildman–Crippen LogP) is 3.52. The molecule has 0 fully saturated rings. The molecule has 1 N–H and O–H groups in total. The van der Waals surface area contributed by atoms with Gasteiger partial charge in [-0.1, -0.05) is 42.5 Å². The maximum absolute atomic E-state index is 12.6. The van der Waals surface area contributed by atoms with Crippen LogP contribution in [0, 0.1) is 0 Å². The number of anilines is 1. The lowest BCUT2D eigenvalue weighted by Crippen LogP contribution is -2.27. The summed E-state index contributed by atoms with van der Waals surface area (Å²) in [6.07, 6.45) is 1.80. The van der Waals surface area contributed by atoms with Crippen molar-refractivity contribution in [2.75, 3.05) is 17.1 Å². The largest absolute Gasteiger partial charge is 0.489 e. The van der Waals surface area contributed by atoms with Crippen molar-refractivity contribution in [1.82, 2.24) is 5.32 Å². The normalized spacial score (nSPS) is 13.0. The third-order valence-electron chi connectivity index (χ3n) is 5.22. The van der Waals surface area contributed by atoms with Crippen molar-refractivity contribution in [1.29, 1.82) is 0 Å². The minimum Gasteiger partial charge on any atom is -0.489 e. The van der Waals surface area contributed by atoms with E-state index in [2.05, 4.69) is 5.32 Å². The van der Waals surface area contributed by atoms with Gasteiger partial charge in [-0.3, -0.25) is 9.10 Å². The Kier molecular flexibility index (Phi) is 5.95. The zero-order valence-electron chi connectivity index (χ0n) is 17.2. The monoisotopic (exact) mass is 436 g/mol. The third kappa shape index (κ3) is 5.06. The van der Waals surface area contributed by atoms with Gasteiger partial charge in [-0.05, 0) is 53.4 Å². The lowest BCUT2D eigenvalue weighted by molar-refractivity contribution is 0.0951. The number of carbonyl (C=O) groups excluding carboxylic acids is 1. The topological polar surface area (TPSA) is 75.7 Å². The quantitative estimate of drug-likeness (QED) is 0.615. The number of nitrogens with one attached hydrogen (secondary N) is 1. The number of sulfonamides is 1. The highest BCUT2D eigenvalue weighted by molar-refractivity contribution is 7.92. The Labute approximate surface area is 182 Å². The van der Waals surface area contributed by atoms with Gasteiger partial charge in [-0.2, -0.15) is 0 Å². The molecule has 0 aliphatic carbocycles. The first kappa shape index (κ1) is 20.9. The van der Waals surface area contributed by atoms with E-state index >= 15 is 0 Å². The number of hydrogen-bond acceptors (Lipinski definition) is 4. The van der Waals surface area contributed by atoms with Crippen molar-refractivity contribution in [2.24, 2.45) is 0 Å². The number of fused-ring (bicyclic) bond motifs is 1. The molecule has 7 heteroatoms. The molecule has 1 aliphatic rings. The van der Waals surface area contributed by atoms with Crippen molar-refractivity contribution in [3.05, 3.63) is 95.1 Å². The Hall–Kier alpha value is -3.32. The summed E-state index contributed by atoms with van der Waals surface area (Å²) in [5.74, 6) is 0.581. The van der Waals surface area contributed by atoms with E-state index in [1.165, 1.54) is 10.6 Å². The van der Waals surface area contributed by atoms with Crippen LogP contribution in [0.25, 0.3) is 0 Å². The predicted molar refractivity (Wildman–Crippen MR) is 121 cm³/mol. The molecule has 160 valence electrons. The number of benzene rings is 3. The van der Waals surface area contributed by atoms with E-state index in [0.29, 0.717) is 37.4 Å². The first-order chi connectivity index (χ1) is 14.9. The molecule has 31 heavy (non-hydrogen) atoms. The molecule has 3 aromatic carbocycles. The third-order valence-corrected chi connectivity index (χ3v) is 6.40. The zero-order chi connectivity index (χ0) is 21.8. The minimum absolute atomic E-state index is 0.190. The van der Waals surface area contributed by atoms with Crippen LogP contribution < -0.4 is 14.4 Å². The van der Waals surface area contributed by atoms with E-state index in [-0.39, 0.29) is 5.91 Å². The number of nitrogens with zero attached hydrogens (tertiary/aromatic N) is 1. The first-order valence-corrected chi connectivity index (χ1v) is 11.9. The average Bonchev–Trinajstić information content (AvgIpc) is 3.21. The molecule has 0 radical (unpaired) electrons. The highest BCUT2D eigenvalue weighted by Gasteiger charge is 2.26. The summed E-state index contributed by atoms with van der Waals surface area (Å²) in [6, 6.07) is 22.7. The SMILES string of the molecule is CS(=O)(=O)N1CCc2cc(C(=O)NCc3ccc(OCc4ccccc4)cc3)ccc21. The highest BCUT2D eigenvalue weighted by Crippen LogP contribution is 2.30. The summed E-state index contributed by atoms with van der Waals surface area (Å²) in [5.41, 5.74) is 4.12. The van der Waals surface area contributed by atoms with Gasteiger partial charge in [-0.15, -0.1) is 0 Å². The molecule has 6 nitrogen and oxygen atoms in total. The fourth-order valence-corrected chi connectivity index (χ4v) is 4.54. The van der Waals surface area contributed by atoms with Gasteiger partial charge in [0.15, 0.2) is 0 Å². The van der Waals surface area contributed by atoms with E-state index in [4.69, 9.17) is 4.74 Å². The van der Waals surface area contributed by atoms with Crippen molar-refractivity contribution >= 4 is 21.6 Å². The Morgan fingerprint density at radius 1 is 1.00 bits per heavy atom. The second kappa shape index (κ2) is 8.81. The second-order valence-electron chi connectivity index (χ2n) is 7.53. The van der Waals surface area contributed by atoms with Crippen LogP contribution in [-0.4, -0.2) is 27.1 Å². The number of ether oxygens (including phenoxy) is 1. The lowest BCUT2D eigenvalue weighted by Gasteiger charge is -2.16. The standard InChI is InChI=1S/C24H24N2O4S/c1-31(28,29)26-14-13-20-15-21(9-12-23(20)26)24(27)25-16-18-7-10-22(11-8-18)30-17-19-5-3-2-4-6-19/h2-12,15H,13-14,16-17H2,1H3,(H,25,27). The Morgan fingerprint density at radius 2 is 1.74 bits per heavy atom. The van der Waals surface area contributed by atoms with Crippen molar-refractivity contribution < 1.29 is 17.9 Å². The summed E-state index contributed by atoms with van der Waals surface area (Å²) in [5, 5.41) is 2.91. The van der Waals surface area contributed by atoms with E-state index in [9.17, 15) is 13.2 Å². The maximum Gasteiger partial charge on any atom is 0.251 e. The molecule has 4 rings (SSSR count). The molecule has 1 heterocycles. The Bertz CT molecular complexity index is 1180. The molecule has 0 saturated carbocycles. The minimum atomic E-state index is -3.30. The first-order valence-electron chi connectivity index (χ1n) is 10.0. The Morgan fingerprint density at radius 3 is 2.45 bits per heavy atom. The number of hydrogen-bond donors (Lipinski definition) is 1. The lowest BCUT2D eigenvalue weighted by atomic mass is 10.1. The molecular weight excluding hydrogens is 412 g/mol. The maximum atomic E-state index is 12.6. The summed E-state index contributed by atoms with van der Waals surface area (Å²) < 4.78 is 30.9. The summed E-state index contributed by atoms with van der Waals surface area (Å²) in [6.45, 7) is 1.31. The van der Waals surface area contributed by atoms with Gasteiger partial charge in [0.05, 0.1) is 11.9 Å². The fourth-order valence-electron chi connectivity index (χ4n) is 3.59. The average molecular weight is 437 g/mol. The van der Waals surface area contributed by atoms with Gasteiger partial charge >= 0.3 is 0 Å². The van der Waals surface area contributed by atoms with Crippen LogP contribution in [0.3, 0.4) is 0 Å². The van der Waals surface area contributed by atoms with Crippen LogP contribution in [0.15, 0.2) is 72.8 Å². The van der Waals surface area contributed by atoms with Crippen LogP contribution in [0.2, 0.25) is 0 Å². The van der Waals surface area contributed by atoms with E-state index < -0.39 is 10.0 Å². The molecule has 1 amide bonds. The van der Waals surface area contributed by atoms with E-state index in [1.807, 2.05) is 54.6 Å². The van der Waals surface area contributed by atoms with Gasteiger partial charge in [0, 0.05) is 18.7 Å². The molecule has 0 aromatic heterocycles. The van der Waals surface area contributed by atoms with Gasteiger partial charge in [-0.25, -0.2) is 8.42 Å². The molecule has 0 unspecified atom stereocenters. The molecule has 0 atom stereocenters. The Balaban J connectivity index is 1.33. The smallest absolute Gasteiger partial charge is 0.251 e. The summed E-state index contributed by atoms with van der Waals surface area (Å²) in [7, 11) is -3.30. The van der Waals surface area contributed by atoms with Gasteiger partial charge < -0.3 is 10.1 Å². The highest BCUT2D eigenvalue weighted by atomic mass is 32.2. The van der Waals surface area contributed by atoms with Gasteiger partial charge in [0.2, 0.25) is 10.0 Å². The van der Waals surface area contributed by atoms with Crippen LogP contribution in [0.1, 0.15) is 27.0 Å². The van der Waals surface area contributed by atoms with E-state index in [0.717, 1.165) is 22.4 Å². The van der Waals surface area contributed by atoms with Crippen LogP contribution in [-0.2, 0) is 29.6 Å². The zero-order valence-corrected chi connectivity index (χ0v) is 18.1. The summed E-state index contributed by atoms with van der Waals surface area (Å²) >= 11 is 0. The molecular formula is C24H24N2O4S. The number of rotatable bonds is 7. The molecule has 3 aromatic rings. The molecule has 1 aliphatic heterocycles. The second-order valence-corrected chi connectivity index (χ2v) is 9.44.